The molecule has 0 atom stereocenters. The van der Waals surface area contributed by atoms with Gasteiger partial charge in [-0.05, 0) is 29.0 Å². The summed E-state index contributed by atoms with van der Waals surface area (Å²) < 4.78 is 4.22. The monoisotopic (exact) mass is 459 g/mol. The summed E-state index contributed by atoms with van der Waals surface area (Å²) in [6.07, 6.45) is 0.638. The van der Waals surface area contributed by atoms with E-state index in [0.717, 1.165) is 11.3 Å². The van der Waals surface area contributed by atoms with E-state index in [1.807, 2.05) is 52.2 Å². The lowest BCUT2D eigenvalue weighted by Crippen LogP contribution is -2.32. The topological polar surface area (TPSA) is 75.7 Å². The third-order valence-corrected chi connectivity index (χ3v) is 6.83. The van der Waals surface area contributed by atoms with Crippen LogP contribution in [0.5, 0.6) is 0 Å². The zero-order chi connectivity index (χ0) is 22.8. The standard InChI is InChI=1S/C25H25N5O2S/c1-28-24(32)23-20(13-16-33-23)30-21(26-27-25(28)30)17-29(14-8-15-31)22(18-9-4-2-5-10-18)19-11-6-3-7-12-19/h2-7,9-13,16,22,31H,8,14-15,17H2,1H3. The van der Waals surface area contributed by atoms with Crippen LogP contribution in [0.4, 0.5) is 0 Å². The highest BCUT2D eigenvalue weighted by atomic mass is 32.1. The van der Waals surface area contributed by atoms with Crippen molar-refractivity contribution in [3.63, 3.8) is 0 Å². The van der Waals surface area contributed by atoms with E-state index in [1.165, 1.54) is 22.5 Å². The van der Waals surface area contributed by atoms with Crippen molar-refractivity contribution in [2.24, 2.45) is 7.05 Å². The van der Waals surface area contributed by atoms with Crippen molar-refractivity contribution in [2.45, 2.75) is 19.0 Å². The third-order valence-electron chi connectivity index (χ3n) is 5.94. The van der Waals surface area contributed by atoms with Gasteiger partial charge in [0.1, 0.15) is 4.70 Å². The van der Waals surface area contributed by atoms with E-state index in [-0.39, 0.29) is 18.2 Å². The van der Waals surface area contributed by atoms with Gasteiger partial charge in [-0.1, -0.05) is 60.7 Å². The first kappa shape index (κ1) is 21.5. The molecule has 2 aromatic carbocycles. The molecule has 5 aromatic rings. The SMILES string of the molecule is Cn1c(=O)c2sccc2n2c(CN(CCCO)C(c3ccccc3)c3ccccc3)nnc12. The maximum Gasteiger partial charge on any atom is 0.272 e. The number of hydrogen-bond acceptors (Lipinski definition) is 6. The van der Waals surface area contributed by atoms with E-state index < -0.39 is 0 Å². The van der Waals surface area contributed by atoms with Crippen molar-refractivity contribution in [2.75, 3.05) is 13.2 Å². The lowest BCUT2D eigenvalue weighted by atomic mass is 9.96. The van der Waals surface area contributed by atoms with E-state index in [2.05, 4.69) is 39.4 Å². The predicted molar refractivity (Wildman–Crippen MR) is 130 cm³/mol. The van der Waals surface area contributed by atoms with E-state index in [1.54, 1.807) is 11.6 Å². The first-order valence-corrected chi connectivity index (χ1v) is 11.8. The van der Waals surface area contributed by atoms with Gasteiger partial charge in [0.05, 0.1) is 18.1 Å². The molecule has 8 heteroatoms. The maximum atomic E-state index is 12.7. The second kappa shape index (κ2) is 9.27. The van der Waals surface area contributed by atoms with Gasteiger partial charge in [-0.2, -0.15) is 0 Å². The molecule has 0 unspecified atom stereocenters. The second-order valence-electron chi connectivity index (χ2n) is 8.02. The van der Waals surface area contributed by atoms with E-state index in [9.17, 15) is 9.90 Å². The van der Waals surface area contributed by atoms with Gasteiger partial charge in [0.15, 0.2) is 5.82 Å². The zero-order valence-corrected chi connectivity index (χ0v) is 19.2. The third kappa shape index (κ3) is 3.97. The van der Waals surface area contributed by atoms with E-state index >= 15 is 0 Å². The molecule has 0 fully saturated rings. The van der Waals surface area contributed by atoms with Crippen LogP contribution in [0.25, 0.3) is 16.0 Å². The Morgan fingerprint density at radius 2 is 1.67 bits per heavy atom. The number of aromatic nitrogens is 4. The van der Waals surface area contributed by atoms with Crippen LogP contribution >= 0.6 is 11.3 Å². The molecule has 0 bridgehead atoms. The fourth-order valence-electron chi connectivity index (χ4n) is 4.39. The Kier molecular flexibility index (Phi) is 6.04. The lowest BCUT2D eigenvalue weighted by molar-refractivity contribution is 0.182. The molecule has 0 aliphatic heterocycles. The van der Waals surface area contributed by atoms with Gasteiger partial charge in [0, 0.05) is 20.2 Å². The first-order valence-electron chi connectivity index (χ1n) is 10.9. The van der Waals surface area contributed by atoms with Gasteiger partial charge in [0.2, 0.25) is 5.78 Å². The van der Waals surface area contributed by atoms with Crippen molar-refractivity contribution in [1.82, 2.24) is 24.1 Å². The number of aryl methyl sites for hydroxylation is 1. The maximum absolute atomic E-state index is 12.7. The molecule has 0 aliphatic carbocycles. The Hall–Kier alpha value is -3.33. The minimum absolute atomic E-state index is 0.0169. The molecule has 1 N–H and O–H groups in total. The van der Waals surface area contributed by atoms with Crippen LogP contribution in [0.1, 0.15) is 29.4 Å². The number of nitrogens with zero attached hydrogens (tertiary/aromatic N) is 5. The fourth-order valence-corrected chi connectivity index (χ4v) is 5.25. The predicted octanol–water partition coefficient (Wildman–Crippen LogP) is 3.62. The van der Waals surface area contributed by atoms with Gasteiger partial charge >= 0.3 is 0 Å². The molecule has 0 aliphatic rings. The molecule has 3 aromatic heterocycles. The molecule has 168 valence electrons. The highest BCUT2D eigenvalue weighted by molar-refractivity contribution is 7.17. The van der Waals surface area contributed by atoms with Gasteiger partial charge < -0.3 is 5.11 Å². The lowest BCUT2D eigenvalue weighted by Gasteiger charge is -2.32. The molecule has 33 heavy (non-hydrogen) atoms. The summed E-state index contributed by atoms with van der Waals surface area (Å²) in [5.74, 6) is 1.29. The average Bonchev–Trinajstić information content (AvgIpc) is 3.50. The van der Waals surface area contributed by atoms with Crippen LogP contribution in [0.3, 0.4) is 0 Å². The number of rotatable bonds is 8. The molecule has 0 spiro atoms. The molecule has 0 saturated carbocycles. The summed E-state index contributed by atoms with van der Waals surface area (Å²) in [4.78, 5) is 15.0. The highest BCUT2D eigenvalue weighted by Crippen LogP contribution is 2.30. The Balaban J connectivity index is 1.64. The van der Waals surface area contributed by atoms with Crippen LogP contribution in [0.2, 0.25) is 0 Å². The second-order valence-corrected chi connectivity index (χ2v) is 8.94. The summed E-state index contributed by atoms with van der Waals surface area (Å²) in [5.41, 5.74) is 3.11. The summed E-state index contributed by atoms with van der Waals surface area (Å²) in [7, 11) is 1.73. The minimum Gasteiger partial charge on any atom is -0.396 e. The Morgan fingerprint density at radius 1 is 1.00 bits per heavy atom. The fraction of sp³-hybridized carbons (Fsp3) is 0.240. The Labute approximate surface area is 195 Å². The molecule has 0 saturated heterocycles. The van der Waals surface area contributed by atoms with Crippen LogP contribution in [-0.4, -0.2) is 42.3 Å². The van der Waals surface area contributed by atoms with Gasteiger partial charge in [-0.25, -0.2) is 0 Å². The molecule has 3 heterocycles. The summed E-state index contributed by atoms with van der Waals surface area (Å²) in [6.45, 7) is 1.30. The van der Waals surface area contributed by atoms with Crippen LogP contribution in [-0.2, 0) is 13.6 Å². The van der Waals surface area contributed by atoms with E-state index in [0.29, 0.717) is 30.0 Å². The molecule has 7 nitrogen and oxygen atoms in total. The first-order chi connectivity index (χ1) is 16.2. The van der Waals surface area contributed by atoms with Gasteiger partial charge in [-0.3, -0.25) is 18.7 Å². The number of hydrogen-bond donors (Lipinski definition) is 1. The number of aliphatic hydroxyl groups is 1. The Morgan fingerprint density at radius 3 is 2.30 bits per heavy atom. The molecule has 0 radical (unpaired) electrons. The number of benzene rings is 2. The van der Waals surface area contributed by atoms with Gasteiger partial charge in [0.25, 0.3) is 5.56 Å². The molecule has 0 amide bonds. The summed E-state index contributed by atoms with van der Waals surface area (Å²) in [6, 6.07) is 22.7. The van der Waals surface area contributed by atoms with Crippen molar-refractivity contribution < 1.29 is 5.11 Å². The number of thiophene rings is 1. The molecule has 5 rings (SSSR count). The van der Waals surface area contributed by atoms with Crippen LogP contribution in [0.15, 0.2) is 76.9 Å². The van der Waals surface area contributed by atoms with Gasteiger partial charge in [-0.15, -0.1) is 21.5 Å². The normalized spacial score (nSPS) is 11.9. The van der Waals surface area contributed by atoms with Crippen molar-refractivity contribution in [3.8, 4) is 0 Å². The minimum atomic E-state index is -0.0602. The van der Waals surface area contributed by atoms with E-state index in [4.69, 9.17) is 0 Å². The van der Waals surface area contributed by atoms with Crippen LogP contribution < -0.4 is 5.56 Å². The number of aliphatic hydroxyl groups excluding tert-OH is 1. The van der Waals surface area contributed by atoms with Crippen molar-refractivity contribution in [3.05, 3.63) is 99.4 Å². The Bertz CT molecular complexity index is 1390. The smallest absolute Gasteiger partial charge is 0.272 e. The molecular weight excluding hydrogens is 434 g/mol. The largest absolute Gasteiger partial charge is 0.396 e. The average molecular weight is 460 g/mol. The quantitative estimate of drug-likeness (QED) is 0.384. The van der Waals surface area contributed by atoms with Crippen LogP contribution in [0, 0.1) is 0 Å². The molecular formula is C25H25N5O2S. The zero-order valence-electron chi connectivity index (χ0n) is 18.3. The highest BCUT2D eigenvalue weighted by Gasteiger charge is 2.25. The van der Waals surface area contributed by atoms with Crippen molar-refractivity contribution >= 4 is 27.3 Å². The summed E-state index contributed by atoms with van der Waals surface area (Å²) in [5, 5.41) is 20.4. The van der Waals surface area contributed by atoms with Crippen molar-refractivity contribution in [1.29, 1.82) is 0 Å². The number of fused-ring (bicyclic) bond motifs is 3. The summed E-state index contributed by atoms with van der Waals surface area (Å²) >= 11 is 1.43.